The van der Waals surface area contributed by atoms with Crippen molar-refractivity contribution < 1.29 is 0 Å². The van der Waals surface area contributed by atoms with Crippen LogP contribution in [0.25, 0.3) is 10.9 Å². The SMILES string of the molecule is Brc1csc(Cn2ccc3cc(Br)ccc32)c1. The summed E-state index contributed by atoms with van der Waals surface area (Å²) in [7, 11) is 0. The average Bonchev–Trinajstić information content (AvgIpc) is 2.86. The maximum absolute atomic E-state index is 3.50. The average molecular weight is 371 g/mol. The van der Waals surface area contributed by atoms with Crippen LogP contribution in [0.1, 0.15) is 4.88 Å². The van der Waals surface area contributed by atoms with Crippen LogP contribution in [-0.2, 0) is 6.54 Å². The van der Waals surface area contributed by atoms with Gasteiger partial charge in [-0.1, -0.05) is 15.9 Å². The van der Waals surface area contributed by atoms with Crippen molar-refractivity contribution in [2.45, 2.75) is 6.54 Å². The summed E-state index contributed by atoms with van der Waals surface area (Å²) in [6, 6.07) is 10.7. The zero-order valence-corrected chi connectivity index (χ0v) is 12.8. The Hall–Kier alpha value is -0.580. The van der Waals surface area contributed by atoms with Crippen LogP contribution in [0.4, 0.5) is 0 Å². The molecule has 17 heavy (non-hydrogen) atoms. The summed E-state index contributed by atoms with van der Waals surface area (Å²) in [5.41, 5.74) is 1.28. The smallest absolute Gasteiger partial charge is 0.0569 e. The van der Waals surface area contributed by atoms with Crippen molar-refractivity contribution >= 4 is 54.1 Å². The van der Waals surface area contributed by atoms with Gasteiger partial charge < -0.3 is 4.57 Å². The molecule has 86 valence electrons. The second-order valence-corrected chi connectivity index (χ2v) is 6.71. The molecule has 0 amide bonds. The van der Waals surface area contributed by atoms with Crippen LogP contribution in [0.5, 0.6) is 0 Å². The van der Waals surface area contributed by atoms with Gasteiger partial charge in [0.2, 0.25) is 0 Å². The van der Waals surface area contributed by atoms with Crippen LogP contribution in [0.2, 0.25) is 0 Å². The van der Waals surface area contributed by atoms with Crippen molar-refractivity contribution in [3.8, 4) is 0 Å². The molecule has 1 aromatic carbocycles. The van der Waals surface area contributed by atoms with Crippen molar-refractivity contribution in [1.82, 2.24) is 4.57 Å². The van der Waals surface area contributed by atoms with Crippen molar-refractivity contribution in [3.63, 3.8) is 0 Å². The zero-order chi connectivity index (χ0) is 11.8. The van der Waals surface area contributed by atoms with E-state index in [9.17, 15) is 0 Å². The monoisotopic (exact) mass is 369 g/mol. The van der Waals surface area contributed by atoms with E-state index in [1.807, 2.05) is 0 Å². The second-order valence-electron chi connectivity index (χ2n) is 3.88. The van der Waals surface area contributed by atoms with E-state index >= 15 is 0 Å². The van der Waals surface area contributed by atoms with Crippen LogP contribution in [0.15, 0.2) is 50.9 Å². The van der Waals surface area contributed by atoms with E-state index in [0.29, 0.717) is 0 Å². The minimum atomic E-state index is 0.932. The number of thiophene rings is 1. The fraction of sp³-hybridized carbons (Fsp3) is 0.0769. The summed E-state index contributed by atoms with van der Waals surface area (Å²) in [6.45, 7) is 0.932. The summed E-state index contributed by atoms with van der Waals surface area (Å²) in [4.78, 5) is 1.36. The fourth-order valence-electron chi connectivity index (χ4n) is 1.91. The minimum Gasteiger partial charge on any atom is -0.342 e. The normalized spacial score (nSPS) is 11.2. The second kappa shape index (κ2) is 4.59. The van der Waals surface area contributed by atoms with E-state index in [4.69, 9.17) is 0 Å². The van der Waals surface area contributed by atoms with E-state index in [-0.39, 0.29) is 0 Å². The van der Waals surface area contributed by atoms with Gasteiger partial charge >= 0.3 is 0 Å². The van der Waals surface area contributed by atoms with Crippen LogP contribution < -0.4 is 0 Å². The van der Waals surface area contributed by atoms with Gasteiger partial charge in [-0.25, -0.2) is 0 Å². The molecule has 0 saturated heterocycles. The molecule has 0 radical (unpaired) electrons. The van der Waals surface area contributed by atoms with Crippen LogP contribution >= 0.6 is 43.2 Å². The summed E-state index contributed by atoms with van der Waals surface area (Å²) < 4.78 is 4.57. The number of benzene rings is 1. The first-order valence-corrected chi connectivity index (χ1v) is 7.66. The molecule has 0 N–H and O–H groups in total. The highest BCUT2D eigenvalue weighted by Crippen LogP contribution is 2.24. The molecule has 4 heteroatoms. The Balaban J connectivity index is 2.00. The molecule has 3 aromatic rings. The number of hydrogen-bond donors (Lipinski definition) is 0. The lowest BCUT2D eigenvalue weighted by Crippen LogP contribution is -1.94. The molecule has 3 rings (SSSR count). The van der Waals surface area contributed by atoms with Crippen molar-refractivity contribution in [3.05, 3.63) is 55.7 Å². The molecule has 0 aliphatic rings. The topological polar surface area (TPSA) is 4.93 Å². The molecular weight excluding hydrogens is 362 g/mol. The van der Waals surface area contributed by atoms with Gasteiger partial charge in [-0.3, -0.25) is 0 Å². The Morgan fingerprint density at radius 3 is 2.71 bits per heavy atom. The summed E-state index contributed by atoms with van der Waals surface area (Å²) in [5, 5.41) is 3.40. The first-order chi connectivity index (χ1) is 8.22. The first-order valence-electron chi connectivity index (χ1n) is 5.20. The van der Waals surface area contributed by atoms with Crippen molar-refractivity contribution in [2.75, 3.05) is 0 Å². The van der Waals surface area contributed by atoms with Gasteiger partial charge in [0.25, 0.3) is 0 Å². The van der Waals surface area contributed by atoms with Gasteiger partial charge in [-0.15, -0.1) is 11.3 Å². The minimum absolute atomic E-state index is 0.932. The van der Waals surface area contributed by atoms with Crippen molar-refractivity contribution in [2.24, 2.45) is 0 Å². The summed E-state index contributed by atoms with van der Waals surface area (Å²) in [6.07, 6.45) is 2.14. The van der Waals surface area contributed by atoms with E-state index in [1.54, 1.807) is 11.3 Å². The third-order valence-electron chi connectivity index (χ3n) is 2.68. The maximum atomic E-state index is 3.50. The predicted molar refractivity (Wildman–Crippen MR) is 80.8 cm³/mol. The molecule has 0 aliphatic heterocycles. The fourth-order valence-corrected chi connectivity index (χ4v) is 3.74. The molecule has 0 unspecified atom stereocenters. The number of halogens is 2. The van der Waals surface area contributed by atoms with Crippen LogP contribution in [0, 0.1) is 0 Å². The number of hydrogen-bond acceptors (Lipinski definition) is 1. The molecule has 0 aliphatic carbocycles. The Morgan fingerprint density at radius 1 is 1.06 bits per heavy atom. The maximum Gasteiger partial charge on any atom is 0.0569 e. The molecule has 2 aromatic heterocycles. The number of rotatable bonds is 2. The van der Waals surface area contributed by atoms with Crippen molar-refractivity contribution in [1.29, 1.82) is 0 Å². The van der Waals surface area contributed by atoms with Crippen LogP contribution in [-0.4, -0.2) is 4.57 Å². The molecule has 1 nitrogen and oxygen atoms in total. The number of aromatic nitrogens is 1. The third-order valence-corrected chi connectivity index (χ3v) is 4.86. The van der Waals surface area contributed by atoms with Gasteiger partial charge in [-0.05, 0) is 46.3 Å². The van der Waals surface area contributed by atoms with E-state index in [2.05, 4.69) is 78.3 Å². The van der Waals surface area contributed by atoms with Gasteiger partial charge in [0.15, 0.2) is 0 Å². The first kappa shape index (κ1) is 11.5. The van der Waals surface area contributed by atoms with Gasteiger partial charge in [-0.2, -0.15) is 0 Å². The molecular formula is C13H9Br2NS. The predicted octanol–water partition coefficient (Wildman–Crippen LogP) is 5.28. The van der Waals surface area contributed by atoms with Gasteiger partial charge in [0, 0.05) is 36.3 Å². The number of fused-ring (bicyclic) bond motifs is 1. The molecule has 0 fully saturated rings. The van der Waals surface area contributed by atoms with E-state index < -0.39 is 0 Å². The lowest BCUT2D eigenvalue weighted by Gasteiger charge is -2.03. The Bertz CT molecular complexity index is 669. The molecule has 0 atom stereocenters. The highest BCUT2D eigenvalue weighted by molar-refractivity contribution is 9.10. The van der Waals surface area contributed by atoms with E-state index in [1.165, 1.54) is 15.8 Å². The van der Waals surface area contributed by atoms with Crippen LogP contribution in [0.3, 0.4) is 0 Å². The summed E-state index contributed by atoms with van der Waals surface area (Å²) in [5.74, 6) is 0. The molecule has 0 bridgehead atoms. The lowest BCUT2D eigenvalue weighted by atomic mass is 10.2. The zero-order valence-electron chi connectivity index (χ0n) is 8.86. The van der Waals surface area contributed by atoms with Gasteiger partial charge in [0.1, 0.15) is 0 Å². The highest BCUT2D eigenvalue weighted by atomic mass is 79.9. The largest absolute Gasteiger partial charge is 0.342 e. The Labute approximate surface area is 120 Å². The van der Waals surface area contributed by atoms with E-state index in [0.717, 1.165) is 15.5 Å². The molecule has 0 spiro atoms. The summed E-state index contributed by atoms with van der Waals surface area (Å²) >= 11 is 8.77. The quantitative estimate of drug-likeness (QED) is 0.578. The van der Waals surface area contributed by atoms with Gasteiger partial charge in [0.05, 0.1) is 6.54 Å². The Kier molecular flexibility index (Phi) is 3.11. The molecule has 0 saturated carbocycles. The Morgan fingerprint density at radius 2 is 1.94 bits per heavy atom. The lowest BCUT2D eigenvalue weighted by molar-refractivity contribution is 0.851. The standard InChI is InChI=1S/C13H9Br2NS/c14-10-1-2-13-9(5-10)3-4-16(13)7-12-6-11(15)8-17-12/h1-6,8H,7H2. The highest BCUT2D eigenvalue weighted by Gasteiger charge is 2.03. The third kappa shape index (κ3) is 2.34. The molecule has 2 heterocycles. The number of nitrogens with zero attached hydrogens (tertiary/aromatic N) is 1.